The first-order valence-corrected chi connectivity index (χ1v) is 22.2. The maximum atomic E-state index is 14.6. The molecule has 15 heteroatoms. The fraction of sp³-hybridized carbons (Fsp3) is 0.583. The molecule has 4 aliphatic heterocycles. The Morgan fingerprint density at radius 1 is 0.873 bits per heavy atom. The van der Waals surface area contributed by atoms with Crippen LogP contribution in [0.3, 0.4) is 0 Å². The van der Waals surface area contributed by atoms with Gasteiger partial charge in [-0.1, -0.05) is 84.4 Å². The molecule has 0 spiro atoms. The van der Waals surface area contributed by atoms with Gasteiger partial charge in [0.25, 0.3) is 11.7 Å². The number of aliphatic hydroxyl groups is 2. The summed E-state index contributed by atoms with van der Waals surface area (Å²) in [6.07, 6.45) is 13.5. The van der Waals surface area contributed by atoms with Gasteiger partial charge in [-0.2, -0.15) is 5.10 Å². The molecular weight excluding hydrogens is 811 g/mol. The number of nitrogens with zero attached hydrogens (tertiary/aromatic N) is 2. The smallest absolute Gasteiger partial charge is 0.312 e. The van der Waals surface area contributed by atoms with Gasteiger partial charge in [-0.05, 0) is 32.8 Å². The molecule has 2 aromatic carbocycles. The molecule has 4 heterocycles. The highest BCUT2D eigenvalue weighted by atomic mass is 16.7. The van der Waals surface area contributed by atoms with Gasteiger partial charge in [-0.15, -0.1) is 0 Å². The number of ether oxygens (including phenoxy) is 4. The minimum absolute atomic E-state index is 0.0662. The van der Waals surface area contributed by atoms with Crippen molar-refractivity contribution in [3.05, 3.63) is 52.8 Å². The predicted molar refractivity (Wildman–Crippen MR) is 240 cm³/mol. The van der Waals surface area contributed by atoms with Gasteiger partial charge in [-0.3, -0.25) is 19.4 Å². The number of benzene rings is 2. The Morgan fingerprint density at radius 3 is 2.10 bits per heavy atom. The number of carbonyl (C=O) groups is 3. The molecule has 2 aromatic rings. The molecule has 0 radical (unpaired) electrons. The second-order valence-electron chi connectivity index (χ2n) is 17.6. The van der Waals surface area contributed by atoms with E-state index >= 15 is 0 Å². The van der Waals surface area contributed by atoms with Crippen molar-refractivity contribution < 1.29 is 58.9 Å². The van der Waals surface area contributed by atoms with E-state index in [9.17, 15) is 39.9 Å². The van der Waals surface area contributed by atoms with Crippen molar-refractivity contribution in [1.82, 2.24) is 5.01 Å². The van der Waals surface area contributed by atoms with Crippen LogP contribution in [0.25, 0.3) is 10.8 Å². The average Bonchev–Trinajstić information content (AvgIpc) is 3.48. The van der Waals surface area contributed by atoms with Gasteiger partial charge in [0.1, 0.15) is 23.4 Å². The van der Waals surface area contributed by atoms with Crippen LogP contribution in [0.4, 0.5) is 5.69 Å². The lowest BCUT2D eigenvalue weighted by atomic mass is 9.78. The summed E-state index contributed by atoms with van der Waals surface area (Å²) in [7, 11) is 1.45. The Kier molecular flexibility index (Phi) is 16.3. The van der Waals surface area contributed by atoms with E-state index in [0.717, 1.165) is 38.5 Å². The third-order valence-electron chi connectivity index (χ3n) is 13.0. The number of Topliss-reactive ketones (excluding diaryl/α,β-unsaturated/α-hetero) is 1. The number of aliphatic hydroxyl groups excluding tert-OH is 2. The van der Waals surface area contributed by atoms with Crippen molar-refractivity contribution in [3.8, 4) is 23.0 Å². The highest BCUT2D eigenvalue weighted by Crippen LogP contribution is 2.55. The molecule has 5 bridgehead atoms. The number of rotatable bonds is 4. The summed E-state index contributed by atoms with van der Waals surface area (Å²) in [5.41, 5.74) is -0.263. The molecule has 9 unspecified atom stereocenters. The van der Waals surface area contributed by atoms with Crippen LogP contribution in [0, 0.1) is 30.6 Å². The number of hydrogen-bond donors (Lipinski definition) is 6. The zero-order chi connectivity index (χ0) is 46.3. The zero-order valence-electron chi connectivity index (χ0n) is 38.1. The third kappa shape index (κ3) is 10.6. The van der Waals surface area contributed by atoms with Gasteiger partial charge in [0.05, 0.1) is 53.0 Å². The number of anilines is 1. The number of aromatic hydroxyl groups is 3. The molecule has 4 aliphatic rings. The number of allylic oxidation sites excluding steroid dienone is 2. The standard InChI is InChI=1S/C48H67N3O12/c1-26-19-18-20-27(2)47(59)50-38-33(25-49-51-22-16-14-12-10-11-13-15-17-23-51)42(56)35-36(43(38)57)41(55)31(6)45-37(35)46(58)48(8,63-45)61-24-21-34(60-9)28(3)44(62-32(7)52)30(5)40(54)29(4)39(26)53/h18-21,24-26,28-30,34,39-40,44,53-57H,10-17,22-23H2,1-9H3,(H,50,59)/b19-18+,24-21+,27-20-,49-25+. The molecule has 6 rings (SSSR count). The molecule has 63 heavy (non-hydrogen) atoms. The largest absolute Gasteiger partial charge is 0.507 e. The third-order valence-corrected chi connectivity index (χ3v) is 13.0. The van der Waals surface area contributed by atoms with E-state index < -0.39 is 88.8 Å². The number of phenols is 3. The maximum Gasteiger partial charge on any atom is 0.312 e. The summed E-state index contributed by atoms with van der Waals surface area (Å²) in [6.45, 7) is 13.9. The Balaban J connectivity index is 1.70. The van der Waals surface area contributed by atoms with Gasteiger partial charge in [-0.25, -0.2) is 0 Å². The number of phenolic OH excluding ortho intramolecular Hbond substituents is 3. The highest BCUT2D eigenvalue weighted by Gasteiger charge is 2.50. The fourth-order valence-corrected chi connectivity index (χ4v) is 8.89. The van der Waals surface area contributed by atoms with E-state index in [1.54, 1.807) is 46.8 Å². The van der Waals surface area contributed by atoms with Gasteiger partial charge < -0.3 is 49.8 Å². The molecular formula is C48H67N3O12. The molecule has 1 saturated heterocycles. The Bertz CT molecular complexity index is 2120. The van der Waals surface area contributed by atoms with Crippen molar-refractivity contribution in [1.29, 1.82) is 0 Å². The van der Waals surface area contributed by atoms with Crippen molar-refractivity contribution >= 4 is 40.3 Å². The fourth-order valence-electron chi connectivity index (χ4n) is 8.89. The van der Waals surface area contributed by atoms with Crippen LogP contribution in [0.5, 0.6) is 23.0 Å². The number of carbonyl (C=O) groups excluding carboxylic acids is 3. The monoisotopic (exact) mass is 877 g/mol. The second-order valence-corrected chi connectivity index (χ2v) is 17.6. The van der Waals surface area contributed by atoms with Crippen LogP contribution >= 0.6 is 0 Å². The first-order valence-electron chi connectivity index (χ1n) is 22.2. The highest BCUT2D eigenvalue weighted by molar-refractivity contribution is 6.23. The molecule has 1 amide bonds. The molecule has 1 fully saturated rings. The van der Waals surface area contributed by atoms with Crippen LogP contribution in [-0.2, 0) is 23.8 Å². The summed E-state index contributed by atoms with van der Waals surface area (Å²) in [4.78, 5) is 40.8. The minimum atomic E-state index is -2.04. The summed E-state index contributed by atoms with van der Waals surface area (Å²) in [5, 5.41) is 67.8. The van der Waals surface area contributed by atoms with Crippen LogP contribution in [0.2, 0.25) is 0 Å². The van der Waals surface area contributed by atoms with E-state index in [1.165, 1.54) is 65.4 Å². The summed E-state index contributed by atoms with van der Waals surface area (Å²) >= 11 is 0. The summed E-state index contributed by atoms with van der Waals surface area (Å²) in [5.74, 6) is -8.24. The van der Waals surface area contributed by atoms with E-state index in [2.05, 4.69) is 5.32 Å². The molecule has 15 nitrogen and oxygen atoms in total. The molecule has 0 aliphatic carbocycles. The Labute approximate surface area is 370 Å². The minimum Gasteiger partial charge on any atom is -0.507 e. The van der Waals surface area contributed by atoms with Gasteiger partial charge in [0.15, 0.2) is 5.75 Å². The number of hydrogen-bond acceptors (Lipinski definition) is 14. The van der Waals surface area contributed by atoms with Crippen LogP contribution in [0.15, 0.2) is 41.2 Å². The molecule has 9 atom stereocenters. The maximum absolute atomic E-state index is 14.6. The number of fused-ring (bicyclic) bond motifs is 14. The van der Waals surface area contributed by atoms with Crippen LogP contribution in [-0.4, -0.2) is 105 Å². The van der Waals surface area contributed by atoms with E-state index in [4.69, 9.17) is 24.0 Å². The number of amides is 1. The normalized spacial score (nSPS) is 31.4. The summed E-state index contributed by atoms with van der Waals surface area (Å²) in [6, 6.07) is 0. The lowest BCUT2D eigenvalue weighted by molar-refractivity contribution is -0.160. The van der Waals surface area contributed by atoms with E-state index in [1.807, 2.05) is 5.01 Å². The number of methoxy groups -OCH3 is 1. The van der Waals surface area contributed by atoms with Crippen LogP contribution < -0.4 is 10.1 Å². The first-order chi connectivity index (χ1) is 29.8. The number of esters is 1. The van der Waals surface area contributed by atoms with Crippen molar-refractivity contribution in [2.75, 3.05) is 25.5 Å². The van der Waals surface area contributed by atoms with Gasteiger partial charge >= 0.3 is 11.8 Å². The van der Waals surface area contributed by atoms with E-state index in [0.29, 0.717) is 13.1 Å². The lowest BCUT2D eigenvalue weighted by Gasteiger charge is -2.38. The number of ketones is 1. The second kappa shape index (κ2) is 21.0. The van der Waals surface area contributed by atoms with Crippen LogP contribution in [0.1, 0.15) is 121 Å². The topological polar surface area (TPSA) is 217 Å². The number of hydrazone groups is 1. The zero-order valence-corrected chi connectivity index (χ0v) is 38.1. The molecule has 346 valence electrons. The first kappa shape index (κ1) is 48.9. The van der Waals surface area contributed by atoms with Crippen molar-refractivity contribution in [3.63, 3.8) is 0 Å². The Hall–Kier alpha value is -5.12. The Morgan fingerprint density at radius 2 is 1.49 bits per heavy atom. The van der Waals surface area contributed by atoms with E-state index in [-0.39, 0.29) is 44.5 Å². The number of nitrogens with one attached hydrogen (secondary N) is 1. The quantitative estimate of drug-likeness (QED) is 0.0759. The van der Waals surface area contributed by atoms with Crippen molar-refractivity contribution in [2.24, 2.45) is 28.8 Å². The van der Waals surface area contributed by atoms with Crippen molar-refractivity contribution in [2.45, 2.75) is 137 Å². The SMILES string of the molecule is COC1/C=C/OC2(C)Oc3c(C)c(O)c4c(O)c(c(/C=N/N5CCCCCCCCCC5)c(O)c4c3C2=O)NC(=O)/C(C)=C\C=C\C(C)C(O)C(C)C(O)C(C)C(OC(C)=O)C1C. The molecule has 0 aromatic heterocycles. The molecule has 6 N–H and O–H groups in total. The predicted octanol–water partition coefficient (Wildman–Crippen LogP) is 7.52. The average molecular weight is 878 g/mol. The van der Waals surface area contributed by atoms with Gasteiger partial charge in [0, 0.05) is 74.2 Å². The summed E-state index contributed by atoms with van der Waals surface area (Å²) < 4.78 is 23.7. The molecule has 0 saturated carbocycles. The van der Waals surface area contributed by atoms with Gasteiger partial charge in [0.2, 0.25) is 0 Å². The lowest BCUT2D eigenvalue weighted by Crippen LogP contribution is -2.46.